The van der Waals surface area contributed by atoms with Gasteiger partial charge in [-0.05, 0) is 48.9 Å². The average molecular weight is 385 g/mol. The molecule has 0 bridgehead atoms. The molecule has 142 valence electrons. The standard InChI is InChI=1S/C20H23N3O3S/c1-2-13-8-9-16-15(10-13)11-17(27-16)20(26)23-22-18(24)12-21-19(25)14-6-4-3-5-7-14/h3-7,11,13H,2,8-10,12H2,1H3,(H,21,25)(H,22,24)(H,23,26)/t13-/m0/s1. The van der Waals surface area contributed by atoms with E-state index in [9.17, 15) is 14.4 Å². The second kappa shape index (κ2) is 8.81. The van der Waals surface area contributed by atoms with Crippen molar-refractivity contribution in [2.24, 2.45) is 5.92 Å². The van der Waals surface area contributed by atoms with E-state index in [2.05, 4.69) is 23.1 Å². The topological polar surface area (TPSA) is 87.3 Å². The number of benzene rings is 1. The fourth-order valence-electron chi connectivity index (χ4n) is 3.14. The summed E-state index contributed by atoms with van der Waals surface area (Å²) in [6, 6.07) is 10.6. The summed E-state index contributed by atoms with van der Waals surface area (Å²) < 4.78 is 0. The molecule has 1 aromatic carbocycles. The minimum Gasteiger partial charge on any atom is -0.343 e. The summed E-state index contributed by atoms with van der Waals surface area (Å²) in [5.41, 5.74) is 6.49. The monoisotopic (exact) mass is 385 g/mol. The molecule has 1 atom stereocenters. The molecule has 3 amide bonds. The second-order valence-electron chi connectivity index (χ2n) is 6.63. The first-order valence-electron chi connectivity index (χ1n) is 9.10. The highest BCUT2D eigenvalue weighted by Crippen LogP contribution is 2.33. The molecule has 0 saturated carbocycles. The predicted molar refractivity (Wildman–Crippen MR) is 105 cm³/mol. The van der Waals surface area contributed by atoms with Crippen LogP contribution in [0.15, 0.2) is 36.4 Å². The van der Waals surface area contributed by atoms with E-state index in [-0.39, 0.29) is 18.4 Å². The molecule has 0 saturated heterocycles. The van der Waals surface area contributed by atoms with Gasteiger partial charge >= 0.3 is 0 Å². The summed E-state index contributed by atoms with van der Waals surface area (Å²) >= 11 is 1.49. The largest absolute Gasteiger partial charge is 0.343 e. The first-order chi connectivity index (χ1) is 13.1. The highest BCUT2D eigenvalue weighted by molar-refractivity contribution is 7.14. The van der Waals surface area contributed by atoms with Gasteiger partial charge in [0.25, 0.3) is 17.7 Å². The molecule has 0 spiro atoms. The molecule has 1 heterocycles. The van der Waals surface area contributed by atoms with E-state index in [1.165, 1.54) is 28.2 Å². The van der Waals surface area contributed by atoms with E-state index >= 15 is 0 Å². The normalized spacial score (nSPS) is 15.5. The van der Waals surface area contributed by atoms with Crippen molar-refractivity contribution >= 4 is 29.1 Å². The number of nitrogens with one attached hydrogen (secondary N) is 3. The molecule has 0 radical (unpaired) electrons. The number of hydrogen-bond donors (Lipinski definition) is 3. The van der Waals surface area contributed by atoms with Crippen molar-refractivity contribution in [2.75, 3.05) is 6.54 Å². The Kier molecular flexibility index (Phi) is 6.24. The van der Waals surface area contributed by atoms with Gasteiger partial charge in [-0.2, -0.15) is 0 Å². The highest BCUT2D eigenvalue weighted by atomic mass is 32.1. The SMILES string of the molecule is CC[C@H]1CCc2sc(C(=O)NNC(=O)CNC(=O)c3ccccc3)cc2C1. The van der Waals surface area contributed by atoms with Crippen molar-refractivity contribution in [3.05, 3.63) is 57.3 Å². The lowest BCUT2D eigenvalue weighted by molar-refractivity contribution is -0.120. The number of aryl methyl sites for hydroxylation is 1. The Balaban J connectivity index is 1.46. The third-order valence-electron chi connectivity index (χ3n) is 4.75. The van der Waals surface area contributed by atoms with Crippen LogP contribution in [0, 0.1) is 5.92 Å². The molecular formula is C20H23N3O3S. The average Bonchev–Trinajstić information content (AvgIpc) is 3.14. The zero-order chi connectivity index (χ0) is 19.2. The van der Waals surface area contributed by atoms with E-state index in [0.29, 0.717) is 16.4 Å². The summed E-state index contributed by atoms with van der Waals surface area (Å²) in [6.07, 6.45) is 4.36. The van der Waals surface area contributed by atoms with Crippen molar-refractivity contribution in [2.45, 2.75) is 32.6 Å². The van der Waals surface area contributed by atoms with E-state index < -0.39 is 5.91 Å². The molecule has 27 heavy (non-hydrogen) atoms. The number of thiophene rings is 1. The number of rotatable bonds is 5. The van der Waals surface area contributed by atoms with Gasteiger partial charge < -0.3 is 5.32 Å². The highest BCUT2D eigenvalue weighted by Gasteiger charge is 2.22. The lowest BCUT2D eigenvalue weighted by Crippen LogP contribution is -2.46. The Morgan fingerprint density at radius 1 is 1.11 bits per heavy atom. The van der Waals surface area contributed by atoms with Crippen molar-refractivity contribution < 1.29 is 14.4 Å². The Bertz CT molecular complexity index is 832. The maximum Gasteiger partial charge on any atom is 0.279 e. The van der Waals surface area contributed by atoms with Crippen LogP contribution >= 0.6 is 11.3 Å². The van der Waals surface area contributed by atoms with Gasteiger partial charge in [-0.25, -0.2) is 0 Å². The van der Waals surface area contributed by atoms with Crippen LogP contribution in [0.1, 0.15) is 50.2 Å². The van der Waals surface area contributed by atoms with Crippen molar-refractivity contribution in [3.8, 4) is 0 Å². The lowest BCUT2D eigenvalue weighted by atomic mass is 9.87. The Morgan fingerprint density at radius 2 is 1.89 bits per heavy atom. The molecule has 1 aliphatic rings. The van der Waals surface area contributed by atoms with Gasteiger partial charge in [0.05, 0.1) is 11.4 Å². The number of fused-ring (bicyclic) bond motifs is 1. The van der Waals surface area contributed by atoms with Crippen LogP contribution in [-0.2, 0) is 17.6 Å². The molecule has 0 fully saturated rings. The number of hydrazine groups is 1. The van der Waals surface area contributed by atoms with Crippen LogP contribution in [0.5, 0.6) is 0 Å². The second-order valence-corrected chi connectivity index (χ2v) is 7.76. The van der Waals surface area contributed by atoms with Crippen LogP contribution in [0.3, 0.4) is 0 Å². The van der Waals surface area contributed by atoms with Gasteiger partial charge in [0.1, 0.15) is 0 Å². The Hall–Kier alpha value is -2.67. The van der Waals surface area contributed by atoms with E-state index in [4.69, 9.17) is 0 Å². The van der Waals surface area contributed by atoms with Gasteiger partial charge in [0.15, 0.2) is 0 Å². The van der Waals surface area contributed by atoms with Gasteiger partial charge in [-0.3, -0.25) is 25.2 Å². The van der Waals surface area contributed by atoms with E-state index in [1.807, 2.05) is 12.1 Å². The summed E-state index contributed by atoms with van der Waals surface area (Å²) in [7, 11) is 0. The smallest absolute Gasteiger partial charge is 0.279 e. The first kappa shape index (κ1) is 19.1. The van der Waals surface area contributed by atoms with Crippen LogP contribution in [-0.4, -0.2) is 24.3 Å². The van der Waals surface area contributed by atoms with Gasteiger partial charge in [-0.15, -0.1) is 11.3 Å². The summed E-state index contributed by atoms with van der Waals surface area (Å²) in [5.74, 6) is -0.463. The number of carbonyl (C=O) groups excluding carboxylic acids is 3. The molecule has 3 rings (SSSR count). The van der Waals surface area contributed by atoms with E-state index in [0.717, 1.165) is 19.3 Å². The number of hydrogen-bond acceptors (Lipinski definition) is 4. The zero-order valence-corrected chi connectivity index (χ0v) is 16.0. The van der Waals surface area contributed by atoms with Gasteiger partial charge in [0, 0.05) is 10.4 Å². The van der Waals surface area contributed by atoms with Crippen LogP contribution in [0.25, 0.3) is 0 Å². The van der Waals surface area contributed by atoms with Crippen LogP contribution in [0.2, 0.25) is 0 Å². The number of carbonyl (C=O) groups is 3. The van der Waals surface area contributed by atoms with Gasteiger partial charge in [-0.1, -0.05) is 31.5 Å². The fourth-order valence-corrected chi connectivity index (χ4v) is 4.25. The van der Waals surface area contributed by atoms with Crippen molar-refractivity contribution in [1.82, 2.24) is 16.2 Å². The molecule has 1 aliphatic carbocycles. The maximum atomic E-state index is 12.3. The van der Waals surface area contributed by atoms with E-state index in [1.54, 1.807) is 24.3 Å². The summed E-state index contributed by atoms with van der Waals surface area (Å²) in [4.78, 5) is 37.9. The molecular weight excluding hydrogens is 362 g/mol. The summed E-state index contributed by atoms with van der Waals surface area (Å²) in [5, 5.41) is 2.51. The lowest BCUT2D eigenvalue weighted by Gasteiger charge is -2.19. The maximum absolute atomic E-state index is 12.3. The molecule has 6 nitrogen and oxygen atoms in total. The molecule has 1 aromatic heterocycles. The fraction of sp³-hybridized carbons (Fsp3) is 0.350. The number of amides is 3. The molecule has 0 unspecified atom stereocenters. The third kappa shape index (κ3) is 4.95. The molecule has 7 heteroatoms. The Labute approximate surface area is 162 Å². The molecule has 2 aromatic rings. The summed E-state index contributed by atoms with van der Waals surface area (Å²) in [6.45, 7) is 1.98. The quantitative estimate of drug-likeness (QED) is 0.691. The minimum atomic E-state index is -0.486. The predicted octanol–water partition coefficient (Wildman–Crippen LogP) is 2.45. The minimum absolute atomic E-state index is 0.215. The first-order valence-corrected chi connectivity index (χ1v) is 9.92. The Morgan fingerprint density at radius 3 is 2.63 bits per heavy atom. The van der Waals surface area contributed by atoms with Crippen LogP contribution in [0.4, 0.5) is 0 Å². The van der Waals surface area contributed by atoms with Gasteiger partial charge in [0.2, 0.25) is 0 Å². The van der Waals surface area contributed by atoms with Crippen molar-refractivity contribution in [1.29, 1.82) is 0 Å². The molecule has 3 N–H and O–H groups in total. The molecule has 0 aliphatic heterocycles. The zero-order valence-electron chi connectivity index (χ0n) is 15.2. The third-order valence-corrected chi connectivity index (χ3v) is 5.98. The van der Waals surface area contributed by atoms with Crippen molar-refractivity contribution in [3.63, 3.8) is 0 Å². The van der Waals surface area contributed by atoms with Crippen LogP contribution < -0.4 is 16.2 Å².